The van der Waals surface area contributed by atoms with E-state index in [2.05, 4.69) is 32.1 Å². The third-order valence-corrected chi connectivity index (χ3v) is 5.91. The molecule has 152 valence electrons. The maximum atomic E-state index is 12.6. The second kappa shape index (κ2) is 10.3. The molecule has 3 N–H and O–H groups in total. The summed E-state index contributed by atoms with van der Waals surface area (Å²) < 4.78 is 4.95. The molecular formula is C19H22N6O2S2. The highest BCUT2D eigenvalue weighted by atomic mass is 32.2. The van der Waals surface area contributed by atoms with Crippen molar-refractivity contribution in [1.29, 1.82) is 0 Å². The lowest BCUT2D eigenvalue weighted by Gasteiger charge is -2.13. The average Bonchev–Trinajstić information content (AvgIpc) is 3.13. The minimum Gasteiger partial charge on any atom is -0.395 e. The molecule has 0 saturated heterocycles. The smallest absolute Gasteiger partial charge is 0.274 e. The van der Waals surface area contributed by atoms with Gasteiger partial charge in [0.1, 0.15) is 12.0 Å². The van der Waals surface area contributed by atoms with Crippen LogP contribution in [0.2, 0.25) is 0 Å². The summed E-state index contributed by atoms with van der Waals surface area (Å²) in [6.07, 6.45) is 3.25. The number of anilines is 2. The Hall–Kier alpha value is -2.56. The van der Waals surface area contributed by atoms with Crippen molar-refractivity contribution in [3.63, 3.8) is 0 Å². The summed E-state index contributed by atoms with van der Waals surface area (Å²) in [5.41, 5.74) is 2.84. The molecule has 0 bridgehead atoms. The number of hydrogen-bond donors (Lipinski definition) is 3. The van der Waals surface area contributed by atoms with Crippen molar-refractivity contribution in [3.8, 4) is 0 Å². The molecule has 29 heavy (non-hydrogen) atoms. The second-order valence-corrected chi connectivity index (χ2v) is 8.38. The number of nitrogens with zero attached hydrogens (tertiary/aromatic N) is 4. The molecule has 0 saturated carbocycles. The van der Waals surface area contributed by atoms with E-state index in [0.29, 0.717) is 17.1 Å². The number of nitrogens with one attached hydrogen (secondary N) is 2. The first-order chi connectivity index (χ1) is 14.1. The minimum absolute atomic E-state index is 0.0831. The number of amides is 1. The van der Waals surface area contributed by atoms with Crippen LogP contribution in [-0.2, 0) is 7.05 Å². The van der Waals surface area contributed by atoms with Crippen molar-refractivity contribution in [2.75, 3.05) is 22.4 Å². The predicted octanol–water partition coefficient (Wildman–Crippen LogP) is 3.37. The monoisotopic (exact) mass is 430 g/mol. The lowest BCUT2D eigenvalue weighted by Crippen LogP contribution is -2.14. The number of aromatic nitrogens is 4. The fourth-order valence-corrected chi connectivity index (χ4v) is 3.86. The van der Waals surface area contributed by atoms with Gasteiger partial charge in [0.15, 0.2) is 5.16 Å². The number of aliphatic hydroxyl groups is 1. The lowest BCUT2D eigenvalue weighted by molar-refractivity contribution is 0.102. The van der Waals surface area contributed by atoms with Crippen LogP contribution in [0.25, 0.3) is 0 Å². The Balaban J connectivity index is 1.66. The molecule has 0 spiro atoms. The molecule has 2 aromatic heterocycles. The number of carbonyl (C=O) groups excluding carboxylic acids is 1. The zero-order chi connectivity index (χ0) is 20.6. The zero-order valence-corrected chi connectivity index (χ0v) is 17.7. The molecule has 2 heterocycles. The van der Waals surface area contributed by atoms with E-state index >= 15 is 0 Å². The quantitative estimate of drug-likeness (QED) is 0.270. The van der Waals surface area contributed by atoms with Crippen molar-refractivity contribution in [1.82, 2.24) is 19.7 Å². The summed E-state index contributed by atoms with van der Waals surface area (Å²) in [6.45, 7) is 2.17. The van der Waals surface area contributed by atoms with Gasteiger partial charge in [0, 0.05) is 35.6 Å². The Morgan fingerprint density at radius 1 is 1.28 bits per heavy atom. The van der Waals surface area contributed by atoms with Crippen molar-refractivity contribution < 1.29 is 9.90 Å². The van der Waals surface area contributed by atoms with Gasteiger partial charge < -0.3 is 19.7 Å². The summed E-state index contributed by atoms with van der Waals surface area (Å²) in [5, 5.41) is 20.7. The van der Waals surface area contributed by atoms with Crippen LogP contribution in [0.1, 0.15) is 28.2 Å². The van der Waals surface area contributed by atoms with Gasteiger partial charge in [-0.15, -0.1) is 10.2 Å². The van der Waals surface area contributed by atoms with Gasteiger partial charge >= 0.3 is 0 Å². The van der Waals surface area contributed by atoms with Crippen LogP contribution in [0.15, 0.2) is 54.1 Å². The summed E-state index contributed by atoms with van der Waals surface area (Å²) in [5.74, 6) is 0.271. The molecule has 10 heteroatoms. The molecule has 1 aromatic carbocycles. The van der Waals surface area contributed by atoms with Crippen molar-refractivity contribution in [2.24, 2.45) is 7.05 Å². The highest BCUT2D eigenvalue weighted by Crippen LogP contribution is 2.34. The molecule has 0 aliphatic carbocycles. The van der Waals surface area contributed by atoms with Crippen LogP contribution in [-0.4, -0.2) is 43.1 Å². The number of pyridine rings is 1. The minimum atomic E-state index is -0.286. The van der Waals surface area contributed by atoms with Crippen LogP contribution < -0.4 is 10.0 Å². The van der Waals surface area contributed by atoms with Gasteiger partial charge in [-0.1, -0.05) is 35.8 Å². The average molecular weight is 431 g/mol. The van der Waals surface area contributed by atoms with Crippen molar-refractivity contribution in [2.45, 2.75) is 17.3 Å². The predicted molar refractivity (Wildman–Crippen MR) is 117 cm³/mol. The van der Waals surface area contributed by atoms with E-state index in [0.717, 1.165) is 16.4 Å². The number of thioether (sulfide) groups is 1. The van der Waals surface area contributed by atoms with Crippen LogP contribution in [0.3, 0.4) is 0 Å². The molecule has 8 nitrogen and oxygen atoms in total. The van der Waals surface area contributed by atoms with Crippen LogP contribution in [0.5, 0.6) is 0 Å². The van der Waals surface area contributed by atoms with Gasteiger partial charge in [0.2, 0.25) is 0 Å². The van der Waals surface area contributed by atoms with Crippen LogP contribution >= 0.6 is 23.7 Å². The van der Waals surface area contributed by atoms with E-state index in [1.165, 1.54) is 11.9 Å². The summed E-state index contributed by atoms with van der Waals surface area (Å²) in [4.78, 5) is 16.8. The van der Waals surface area contributed by atoms with Crippen LogP contribution in [0, 0.1) is 0 Å². The standard InChI is InChI=1S/C19H22N6O2S2/c1-13(29-19-23-21-12-25(19)2)14-4-3-5-15(10-14)22-18(27)17-11-16(6-7-20-17)24-28-9-8-26/h3-7,10-13,26H,8-9H2,1-2H3,(H,20,24)(H,22,27)/t13-/m0/s1. The van der Waals surface area contributed by atoms with Gasteiger partial charge in [-0.05, 0) is 36.8 Å². The lowest BCUT2D eigenvalue weighted by atomic mass is 10.1. The normalized spacial score (nSPS) is 11.8. The maximum absolute atomic E-state index is 12.6. The highest BCUT2D eigenvalue weighted by Gasteiger charge is 2.13. The Bertz CT molecular complexity index is 965. The molecule has 3 rings (SSSR count). The Labute approximate surface area is 177 Å². The highest BCUT2D eigenvalue weighted by molar-refractivity contribution is 8.00. The fourth-order valence-electron chi connectivity index (χ4n) is 2.47. The van der Waals surface area contributed by atoms with E-state index < -0.39 is 0 Å². The first-order valence-electron chi connectivity index (χ1n) is 8.93. The number of carbonyl (C=O) groups is 1. The Morgan fingerprint density at radius 2 is 2.14 bits per heavy atom. The first kappa shape index (κ1) is 21.2. The Kier molecular flexibility index (Phi) is 7.50. The van der Waals surface area contributed by atoms with E-state index in [9.17, 15) is 4.79 Å². The molecule has 1 amide bonds. The van der Waals surface area contributed by atoms with Crippen molar-refractivity contribution in [3.05, 3.63) is 60.2 Å². The number of rotatable bonds is 9. The SMILES string of the molecule is C[C@H](Sc1nncn1C)c1cccc(NC(=O)c2cc(NSCCO)ccn2)c1. The van der Waals surface area contributed by atoms with E-state index in [1.807, 2.05) is 35.9 Å². The van der Waals surface area contributed by atoms with Gasteiger partial charge in [-0.2, -0.15) is 0 Å². The molecule has 0 aliphatic rings. The molecule has 3 aromatic rings. The zero-order valence-electron chi connectivity index (χ0n) is 16.1. The number of benzene rings is 1. The topological polar surface area (TPSA) is 105 Å². The van der Waals surface area contributed by atoms with Crippen molar-refractivity contribution >= 4 is 41.0 Å². The summed E-state index contributed by atoms with van der Waals surface area (Å²) >= 11 is 2.97. The van der Waals surface area contributed by atoms with Crippen LogP contribution in [0.4, 0.5) is 11.4 Å². The molecular weight excluding hydrogens is 408 g/mol. The molecule has 0 unspecified atom stereocenters. The van der Waals surface area contributed by atoms with Gasteiger partial charge in [-0.3, -0.25) is 9.78 Å². The first-order valence-corrected chi connectivity index (χ1v) is 10.8. The number of hydrogen-bond acceptors (Lipinski definition) is 8. The Morgan fingerprint density at radius 3 is 2.90 bits per heavy atom. The summed E-state index contributed by atoms with van der Waals surface area (Å²) in [7, 11) is 1.91. The van der Waals surface area contributed by atoms with Gasteiger partial charge in [0.05, 0.1) is 6.61 Å². The molecule has 0 radical (unpaired) electrons. The number of aryl methyl sites for hydroxylation is 1. The molecule has 1 atom stereocenters. The summed E-state index contributed by atoms with van der Waals surface area (Å²) in [6, 6.07) is 11.2. The van der Waals surface area contributed by atoms with E-state index in [4.69, 9.17) is 5.11 Å². The number of aliphatic hydroxyl groups excluding tert-OH is 1. The third-order valence-electron chi connectivity index (χ3n) is 3.94. The third kappa shape index (κ3) is 5.96. The largest absolute Gasteiger partial charge is 0.395 e. The molecule has 0 fully saturated rings. The second-order valence-electron chi connectivity index (χ2n) is 6.17. The fraction of sp³-hybridized carbons (Fsp3) is 0.263. The van der Waals surface area contributed by atoms with E-state index in [-0.39, 0.29) is 17.8 Å². The van der Waals surface area contributed by atoms with Gasteiger partial charge in [0.25, 0.3) is 5.91 Å². The molecule has 0 aliphatic heterocycles. The van der Waals surface area contributed by atoms with Gasteiger partial charge in [-0.25, -0.2) is 0 Å². The van der Waals surface area contributed by atoms with E-state index in [1.54, 1.807) is 36.4 Å². The maximum Gasteiger partial charge on any atom is 0.274 e.